The average molecular weight is 461 g/mol. The summed E-state index contributed by atoms with van der Waals surface area (Å²) in [4.78, 5) is 12.0. The molecule has 0 saturated carbocycles. The molecule has 0 aliphatic heterocycles. The van der Waals surface area contributed by atoms with Crippen LogP contribution in [0.5, 0.6) is 5.75 Å². The molecule has 0 heterocycles. The summed E-state index contributed by atoms with van der Waals surface area (Å²) < 4.78 is 27.1. The monoisotopic (exact) mass is 460 g/mol. The Kier molecular flexibility index (Phi) is 13.4. The highest BCUT2D eigenvalue weighted by molar-refractivity contribution is 5.89. The average Bonchev–Trinajstić information content (AvgIpc) is 2.83. The lowest BCUT2D eigenvalue weighted by molar-refractivity contribution is -0.00220. The van der Waals surface area contributed by atoms with E-state index in [1.54, 1.807) is 18.2 Å². The van der Waals surface area contributed by atoms with Crippen molar-refractivity contribution in [2.24, 2.45) is 0 Å². The van der Waals surface area contributed by atoms with Crippen molar-refractivity contribution in [1.29, 1.82) is 0 Å². The number of esters is 1. The van der Waals surface area contributed by atoms with Gasteiger partial charge in [-0.05, 0) is 42.8 Å². The van der Waals surface area contributed by atoms with Crippen LogP contribution in [0.1, 0.15) is 30.1 Å². The predicted octanol–water partition coefficient (Wildman–Crippen LogP) is 3.77. The van der Waals surface area contributed by atoms with Gasteiger partial charge in [-0.15, -0.1) is 0 Å². The Balaban J connectivity index is 1.38. The zero-order valence-electron chi connectivity index (χ0n) is 19.4. The summed E-state index contributed by atoms with van der Waals surface area (Å²) >= 11 is 0. The zero-order chi connectivity index (χ0) is 23.6. The second kappa shape index (κ2) is 16.8. The smallest absolute Gasteiger partial charge is 0.338 e. The van der Waals surface area contributed by atoms with Crippen LogP contribution in [0.2, 0.25) is 0 Å². The summed E-state index contributed by atoms with van der Waals surface area (Å²) in [7, 11) is 0. The fourth-order valence-corrected chi connectivity index (χ4v) is 2.77. The minimum absolute atomic E-state index is 0.199. The van der Waals surface area contributed by atoms with Crippen LogP contribution in [-0.4, -0.2) is 65.4 Å². The number of rotatable bonds is 18. The molecule has 182 valence electrons. The second-order valence-corrected chi connectivity index (χ2v) is 7.22. The number of carbonyl (C=O) groups is 1. The summed E-state index contributed by atoms with van der Waals surface area (Å²) in [5.74, 6) is 0.305. The maximum absolute atomic E-state index is 12.0. The van der Waals surface area contributed by atoms with E-state index in [9.17, 15) is 4.79 Å². The Morgan fingerprint density at radius 3 is 2.06 bits per heavy atom. The fraction of sp³-hybridized carbons (Fsp3) is 0.480. The molecule has 8 heteroatoms. The highest BCUT2D eigenvalue weighted by Crippen LogP contribution is 2.19. The molecule has 33 heavy (non-hydrogen) atoms. The third-order valence-electron chi connectivity index (χ3n) is 4.59. The Bertz CT molecular complexity index is 785. The van der Waals surface area contributed by atoms with Gasteiger partial charge in [0, 0.05) is 12.2 Å². The van der Waals surface area contributed by atoms with Gasteiger partial charge in [0.25, 0.3) is 0 Å². The van der Waals surface area contributed by atoms with Crippen molar-refractivity contribution < 1.29 is 28.5 Å². The highest BCUT2D eigenvalue weighted by atomic mass is 16.6. The molecule has 0 radical (unpaired) electrons. The standard InChI is InChI=1S/C25H36N2O6/c1-2-3-12-27-22-10-8-21(9-11-22)25(28)33-20-18-31-16-14-29-13-15-30-17-19-32-24-7-5-4-6-23(24)26/h4-11,27H,2-3,12-20,26H2,1H3. The van der Waals surface area contributed by atoms with E-state index in [0.29, 0.717) is 63.2 Å². The van der Waals surface area contributed by atoms with Crippen LogP contribution in [0, 0.1) is 0 Å². The Hall–Kier alpha value is -2.81. The number of unbranched alkanes of at least 4 members (excludes halogenated alkanes) is 1. The molecule has 0 aliphatic carbocycles. The second-order valence-electron chi connectivity index (χ2n) is 7.22. The van der Waals surface area contributed by atoms with E-state index in [2.05, 4.69) is 12.2 Å². The Morgan fingerprint density at radius 1 is 0.818 bits per heavy atom. The number of para-hydroxylation sites is 2. The first-order valence-electron chi connectivity index (χ1n) is 11.4. The van der Waals surface area contributed by atoms with Crippen molar-refractivity contribution in [2.45, 2.75) is 19.8 Å². The van der Waals surface area contributed by atoms with E-state index in [4.69, 9.17) is 29.4 Å². The molecule has 0 fully saturated rings. The van der Waals surface area contributed by atoms with Gasteiger partial charge in [0.2, 0.25) is 0 Å². The highest BCUT2D eigenvalue weighted by Gasteiger charge is 2.06. The van der Waals surface area contributed by atoms with Crippen LogP contribution in [0.15, 0.2) is 48.5 Å². The van der Waals surface area contributed by atoms with Crippen LogP contribution in [0.3, 0.4) is 0 Å². The van der Waals surface area contributed by atoms with E-state index in [-0.39, 0.29) is 12.6 Å². The molecule has 0 spiro atoms. The normalized spacial score (nSPS) is 10.7. The number of nitrogens with two attached hydrogens (primary N) is 1. The van der Waals surface area contributed by atoms with E-state index in [1.165, 1.54) is 0 Å². The van der Waals surface area contributed by atoms with Crippen LogP contribution in [-0.2, 0) is 18.9 Å². The summed E-state index contributed by atoms with van der Waals surface area (Å²) in [5, 5.41) is 3.31. The van der Waals surface area contributed by atoms with Crippen LogP contribution in [0.4, 0.5) is 11.4 Å². The fourth-order valence-electron chi connectivity index (χ4n) is 2.77. The van der Waals surface area contributed by atoms with Gasteiger partial charge in [-0.1, -0.05) is 25.5 Å². The lowest BCUT2D eigenvalue weighted by Crippen LogP contribution is -2.15. The lowest BCUT2D eigenvalue weighted by atomic mass is 10.2. The third-order valence-corrected chi connectivity index (χ3v) is 4.59. The van der Waals surface area contributed by atoms with Crippen molar-refractivity contribution >= 4 is 17.3 Å². The molecule has 0 saturated heterocycles. The van der Waals surface area contributed by atoms with E-state index >= 15 is 0 Å². The van der Waals surface area contributed by atoms with E-state index in [0.717, 1.165) is 25.1 Å². The molecule has 0 aromatic heterocycles. The number of nitrogen functional groups attached to an aromatic ring is 1. The maximum atomic E-state index is 12.0. The first-order valence-corrected chi connectivity index (χ1v) is 11.4. The van der Waals surface area contributed by atoms with Crippen molar-refractivity contribution in [3.8, 4) is 5.75 Å². The molecule has 2 aromatic carbocycles. The number of hydrogen-bond acceptors (Lipinski definition) is 8. The zero-order valence-corrected chi connectivity index (χ0v) is 19.4. The van der Waals surface area contributed by atoms with Gasteiger partial charge < -0.3 is 34.7 Å². The number of nitrogens with one attached hydrogen (secondary N) is 1. The number of benzene rings is 2. The molecule has 2 rings (SSSR count). The van der Waals surface area contributed by atoms with E-state index in [1.807, 2.05) is 30.3 Å². The van der Waals surface area contributed by atoms with Crippen molar-refractivity contribution in [3.05, 3.63) is 54.1 Å². The Labute approximate surface area is 196 Å². The van der Waals surface area contributed by atoms with Gasteiger partial charge in [0.05, 0.1) is 50.9 Å². The summed E-state index contributed by atoms with van der Waals surface area (Å²) in [5.41, 5.74) is 7.93. The van der Waals surface area contributed by atoms with Gasteiger partial charge in [-0.3, -0.25) is 0 Å². The van der Waals surface area contributed by atoms with Crippen LogP contribution >= 0.6 is 0 Å². The van der Waals surface area contributed by atoms with E-state index < -0.39 is 0 Å². The SMILES string of the molecule is CCCCNc1ccc(C(=O)OCCOCCOCCOCCOc2ccccc2N)cc1. The maximum Gasteiger partial charge on any atom is 0.338 e. The number of carbonyl (C=O) groups excluding carboxylic acids is 1. The van der Waals surface area contributed by atoms with Crippen molar-refractivity contribution in [1.82, 2.24) is 0 Å². The molecule has 0 aliphatic rings. The summed E-state index contributed by atoms with van der Waals surface area (Å²) in [6.45, 7) is 6.28. The van der Waals surface area contributed by atoms with Gasteiger partial charge in [0.1, 0.15) is 19.0 Å². The molecule has 2 aromatic rings. The molecule has 0 atom stereocenters. The van der Waals surface area contributed by atoms with Crippen molar-refractivity contribution in [2.75, 3.05) is 70.5 Å². The van der Waals surface area contributed by atoms with Gasteiger partial charge in [-0.25, -0.2) is 4.79 Å². The van der Waals surface area contributed by atoms with Gasteiger partial charge in [-0.2, -0.15) is 0 Å². The molecule has 8 nitrogen and oxygen atoms in total. The number of anilines is 2. The minimum Gasteiger partial charge on any atom is -0.489 e. The topological polar surface area (TPSA) is 101 Å². The summed E-state index contributed by atoms with van der Waals surface area (Å²) in [6.07, 6.45) is 2.26. The predicted molar refractivity (Wildman–Crippen MR) is 129 cm³/mol. The molecule has 3 N–H and O–H groups in total. The number of ether oxygens (including phenoxy) is 5. The third kappa shape index (κ3) is 11.6. The molecule has 0 bridgehead atoms. The van der Waals surface area contributed by atoms with Crippen LogP contribution < -0.4 is 15.8 Å². The van der Waals surface area contributed by atoms with Crippen LogP contribution in [0.25, 0.3) is 0 Å². The quantitative estimate of drug-likeness (QED) is 0.197. The molecule has 0 unspecified atom stereocenters. The van der Waals surface area contributed by atoms with Gasteiger partial charge in [0.15, 0.2) is 0 Å². The first-order chi connectivity index (χ1) is 16.2. The number of hydrogen-bond donors (Lipinski definition) is 2. The minimum atomic E-state index is -0.356. The molecular formula is C25H36N2O6. The molecular weight excluding hydrogens is 424 g/mol. The molecule has 0 amide bonds. The largest absolute Gasteiger partial charge is 0.489 e. The van der Waals surface area contributed by atoms with Gasteiger partial charge >= 0.3 is 5.97 Å². The lowest BCUT2D eigenvalue weighted by Gasteiger charge is -2.10. The summed E-state index contributed by atoms with van der Waals surface area (Å²) in [6, 6.07) is 14.6. The van der Waals surface area contributed by atoms with Crippen molar-refractivity contribution in [3.63, 3.8) is 0 Å². The first kappa shape index (κ1) is 26.4. The Morgan fingerprint density at radius 2 is 1.42 bits per heavy atom.